The van der Waals surface area contributed by atoms with E-state index in [-0.39, 0.29) is 0 Å². The fourth-order valence-electron chi connectivity index (χ4n) is 3.98. The number of nitrogens with zero attached hydrogens (tertiary/aromatic N) is 2. The molecule has 118 valence electrons. The van der Waals surface area contributed by atoms with Gasteiger partial charge in [0.25, 0.3) is 0 Å². The Bertz CT molecular complexity index is 978. The Morgan fingerprint density at radius 1 is 0.917 bits per heavy atom. The van der Waals surface area contributed by atoms with Gasteiger partial charge >= 0.3 is 0 Å². The van der Waals surface area contributed by atoms with Crippen molar-refractivity contribution >= 4 is 22.3 Å². The summed E-state index contributed by atoms with van der Waals surface area (Å²) >= 11 is 0. The van der Waals surface area contributed by atoms with Crippen LogP contribution in [0.15, 0.2) is 71.7 Å². The van der Waals surface area contributed by atoms with Crippen molar-refractivity contribution in [2.45, 2.75) is 12.0 Å². The van der Waals surface area contributed by atoms with Crippen LogP contribution in [0, 0.1) is 0 Å². The summed E-state index contributed by atoms with van der Waals surface area (Å²) in [6.07, 6.45) is 1.02. The molecule has 0 spiro atoms. The van der Waals surface area contributed by atoms with Crippen molar-refractivity contribution in [1.29, 1.82) is 0 Å². The molecule has 0 aromatic heterocycles. The maximum Gasteiger partial charge on any atom is 0.174 e. The van der Waals surface area contributed by atoms with E-state index in [0.717, 1.165) is 47.5 Å². The van der Waals surface area contributed by atoms with Crippen molar-refractivity contribution in [2.75, 3.05) is 18.0 Å². The fourth-order valence-corrected chi connectivity index (χ4v) is 3.98. The minimum atomic E-state index is -1.17. The first-order valence-corrected chi connectivity index (χ1v) is 8.42. The molecule has 24 heavy (non-hydrogen) atoms. The summed E-state index contributed by atoms with van der Waals surface area (Å²) in [5.74, 6) is 0.769. The van der Waals surface area contributed by atoms with E-state index in [0.29, 0.717) is 0 Å². The van der Waals surface area contributed by atoms with Gasteiger partial charge in [0.1, 0.15) is 5.84 Å². The van der Waals surface area contributed by atoms with Gasteiger partial charge in [-0.05, 0) is 34.9 Å². The van der Waals surface area contributed by atoms with Crippen LogP contribution in [0.4, 0.5) is 5.69 Å². The molecule has 0 radical (unpaired) electrons. The lowest BCUT2D eigenvalue weighted by atomic mass is 9.86. The van der Waals surface area contributed by atoms with E-state index >= 15 is 0 Å². The molecule has 0 bridgehead atoms. The van der Waals surface area contributed by atoms with E-state index < -0.39 is 5.60 Å². The highest BCUT2D eigenvalue weighted by atomic mass is 16.3. The number of rotatable bonds is 1. The molecule has 0 amide bonds. The topological polar surface area (TPSA) is 35.8 Å². The highest BCUT2D eigenvalue weighted by molar-refractivity contribution is 6.13. The molecule has 0 aliphatic carbocycles. The molecule has 1 N–H and O–H groups in total. The van der Waals surface area contributed by atoms with Crippen molar-refractivity contribution in [2.24, 2.45) is 4.99 Å². The average Bonchev–Trinajstić information content (AvgIpc) is 2.92. The first-order valence-electron chi connectivity index (χ1n) is 8.42. The quantitative estimate of drug-likeness (QED) is 0.743. The Labute approximate surface area is 140 Å². The number of para-hydroxylation sites is 1. The van der Waals surface area contributed by atoms with Crippen molar-refractivity contribution in [3.8, 4) is 0 Å². The van der Waals surface area contributed by atoms with Crippen LogP contribution >= 0.6 is 0 Å². The summed E-state index contributed by atoms with van der Waals surface area (Å²) < 4.78 is 0. The third kappa shape index (κ3) is 1.73. The number of anilines is 1. The summed E-state index contributed by atoms with van der Waals surface area (Å²) in [5, 5.41) is 14.1. The normalized spacial score (nSPS) is 22.2. The van der Waals surface area contributed by atoms with Crippen LogP contribution < -0.4 is 4.90 Å². The van der Waals surface area contributed by atoms with Gasteiger partial charge in [0, 0.05) is 24.3 Å². The molecule has 2 heterocycles. The standard InChI is InChI=1S/C21H18N2O/c24-21(17-11-10-15-6-1-2-7-16(15)14-17)18-8-3-4-9-19(18)23-13-5-12-22-20(21)23/h1-4,6-11,14,24H,5,12-13H2. The number of benzene rings is 3. The van der Waals surface area contributed by atoms with Crippen LogP contribution in [-0.2, 0) is 5.60 Å². The number of fused-ring (bicyclic) bond motifs is 4. The van der Waals surface area contributed by atoms with Gasteiger partial charge in [-0.1, -0.05) is 54.6 Å². The van der Waals surface area contributed by atoms with E-state index in [4.69, 9.17) is 4.99 Å². The maximum absolute atomic E-state index is 11.8. The Balaban J connectivity index is 1.79. The van der Waals surface area contributed by atoms with Gasteiger partial charge in [-0.25, -0.2) is 0 Å². The van der Waals surface area contributed by atoms with Crippen LogP contribution in [0.5, 0.6) is 0 Å². The van der Waals surface area contributed by atoms with Crippen LogP contribution in [0.1, 0.15) is 17.5 Å². The van der Waals surface area contributed by atoms with E-state index in [1.807, 2.05) is 36.4 Å². The highest BCUT2D eigenvalue weighted by Gasteiger charge is 2.49. The molecular weight excluding hydrogens is 296 g/mol. The minimum Gasteiger partial charge on any atom is -0.373 e. The van der Waals surface area contributed by atoms with Gasteiger partial charge in [0.15, 0.2) is 5.60 Å². The van der Waals surface area contributed by atoms with Crippen molar-refractivity contribution < 1.29 is 5.11 Å². The number of amidine groups is 1. The third-order valence-electron chi connectivity index (χ3n) is 5.13. The Hall–Kier alpha value is -2.65. The van der Waals surface area contributed by atoms with Gasteiger partial charge in [0.2, 0.25) is 0 Å². The lowest BCUT2D eigenvalue weighted by molar-refractivity contribution is 0.159. The van der Waals surface area contributed by atoms with Crippen LogP contribution in [0.2, 0.25) is 0 Å². The second-order valence-electron chi connectivity index (χ2n) is 6.50. The minimum absolute atomic E-state index is 0.769. The average molecular weight is 314 g/mol. The van der Waals surface area contributed by atoms with Crippen molar-refractivity contribution in [3.05, 3.63) is 77.9 Å². The molecule has 5 rings (SSSR count). The number of aliphatic hydroxyl groups is 1. The second-order valence-corrected chi connectivity index (χ2v) is 6.50. The van der Waals surface area contributed by atoms with Gasteiger partial charge in [-0.15, -0.1) is 0 Å². The molecule has 2 aliphatic rings. The third-order valence-corrected chi connectivity index (χ3v) is 5.13. The lowest BCUT2D eigenvalue weighted by Gasteiger charge is -2.30. The molecule has 2 aliphatic heterocycles. The van der Waals surface area contributed by atoms with Crippen LogP contribution in [0.25, 0.3) is 10.8 Å². The molecule has 0 saturated carbocycles. The predicted octanol–water partition coefficient (Wildman–Crippen LogP) is 3.70. The number of hydrogen-bond donors (Lipinski definition) is 1. The molecule has 3 heteroatoms. The van der Waals surface area contributed by atoms with Crippen molar-refractivity contribution in [3.63, 3.8) is 0 Å². The Morgan fingerprint density at radius 3 is 2.62 bits per heavy atom. The first-order chi connectivity index (χ1) is 11.8. The highest BCUT2D eigenvalue weighted by Crippen LogP contribution is 2.46. The summed E-state index contributed by atoms with van der Waals surface area (Å²) in [4.78, 5) is 6.88. The first kappa shape index (κ1) is 13.8. The van der Waals surface area contributed by atoms with Gasteiger partial charge in [-0.2, -0.15) is 0 Å². The van der Waals surface area contributed by atoms with Crippen LogP contribution in [0.3, 0.4) is 0 Å². The largest absolute Gasteiger partial charge is 0.373 e. The molecule has 3 aromatic rings. The molecule has 0 fully saturated rings. The molecule has 3 nitrogen and oxygen atoms in total. The van der Waals surface area contributed by atoms with Gasteiger partial charge in [-0.3, -0.25) is 4.99 Å². The predicted molar refractivity (Wildman–Crippen MR) is 97.7 cm³/mol. The van der Waals surface area contributed by atoms with Crippen molar-refractivity contribution in [1.82, 2.24) is 0 Å². The second kappa shape index (κ2) is 4.92. The summed E-state index contributed by atoms with van der Waals surface area (Å²) in [7, 11) is 0. The zero-order chi connectivity index (χ0) is 16.1. The van der Waals surface area contributed by atoms with E-state index in [1.54, 1.807) is 0 Å². The Kier molecular flexibility index (Phi) is 2.82. The molecule has 3 aromatic carbocycles. The monoisotopic (exact) mass is 314 g/mol. The molecule has 1 unspecified atom stereocenters. The summed E-state index contributed by atoms with van der Waals surface area (Å²) in [6.45, 7) is 1.68. The summed E-state index contributed by atoms with van der Waals surface area (Å²) in [5.41, 5.74) is 1.73. The molecule has 0 saturated heterocycles. The smallest absolute Gasteiger partial charge is 0.174 e. The zero-order valence-electron chi connectivity index (χ0n) is 13.3. The molecule has 1 atom stereocenters. The SMILES string of the molecule is OC1(c2ccc3ccccc3c2)C2=NCCCN2c2ccccc21. The van der Waals surface area contributed by atoms with E-state index in [1.165, 1.54) is 5.39 Å². The Morgan fingerprint density at radius 2 is 1.71 bits per heavy atom. The van der Waals surface area contributed by atoms with Crippen LogP contribution in [-0.4, -0.2) is 24.0 Å². The van der Waals surface area contributed by atoms with Gasteiger partial charge in [0.05, 0.1) is 0 Å². The van der Waals surface area contributed by atoms with Gasteiger partial charge < -0.3 is 10.0 Å². The summed E-state index contributed by atoms with van der Waals surface area (Å²) in [6, 6.07) is 22.6. The van der Waals surface area contributed by atoms with E-state index in [2.05, 4.69) is 35.2 Å². The number of hydrogen-bond acceptors (Lipinski definition) is 3. The maximum atomic E-state index is 11.8. The lowest BCUT2D eigenvalue weighted by Crippen LogP contribution is -2.44. The zero-order valence-corrected chi connectivity index (χ0v) is 13.3. The fraction of sp³-hybridized carbons (Fsp3) is 0.190. The van der Waals surface area contributed by atoms with E-state index in [9.17, 15) is 5.11 Å². The number of aliphatic imine (C=N–C) groups is 1. The molecular formula is C21H18N2O.